The fraction of sp³-hybridized carbons (Fsp3) is 0.368. The van der Waals surface area contributed by atoms with Crippen LogP contribution in [0, 0.1) is 6.92 Å². The standard InChI is InChI=1S/C19H18N2O4/c1-10-5-3-7-15(20-10)17-12-6-4-8-21-16(12)14(19(24)25-17)9-13(11(2)22)18(21)23/h3,5,7,9,12,17H,4,6,8H2,1-2H3. The van der Waals surface area contributed by atoms with Crippen LogP contribution < -0.4 is 5.56 Å². The lowest BCUT2D eigenvalue weighted by atomic mass is 9.83. The van der Waals surface area contributed by atoms with Gasteiger partial charge in [-0.2, -0.15) is 0 Å². The van der Waals surface area contributed by atoms with Crippen LogP contribution in [0.2, 0.25) is 0 Å². The highest BCUT2D eigenvalue weighted by Gasteiger charge is 2.41. The number of carbonyl (C=O) groups is 2. The third-order valence-corrected chi connectivity index (χ3v) is 4.98. The lowest BCUT2D eigenvalue weighted by Crippen LogP contribution is -2.40. The van der Waals surface area contributed by atoms with Crippen molar-refractivity contribution in [2.45, 2.75) is 45.3 Å². The van der Waals surface area contributed by atoms with Gasteiger partial charge in [-0.05, 0) is 44.9 Å². The SMILES string of the molecule is CC(=O)c1cc2c3n(c1=O)CCCC3C(c1cccc(C)n1)OC2=O. The van der Waals surface area contributed by atoms with Gasteiger partial charge in [-0.1, -0.05) is 6.07 Å². The van der Waals surface area contributed by atoms with Crippen molar-refractivity contribution in [2.75, 3.05) is 0 Å². The molecule has 4 heterocycles. The lowest BCUT2D eigenvalue weighted by Gasteiger charge is -2.37. The van der Waals surface area contributed by atoms with Gasteiger partial charge in [0.25, 0.3) is 5.56 Å². The van der Waals surface area contributed by atoms with E-state index in [4.69, 9.17) is 4.74 Å². The van der Waals surface area contributed by atoms with Gasteiger partial charge >= 0.3 is 5.97 Å². The van der Waals surface area contributed by atoms with Gasteiger partial charge in [0.15, 0.2) is 11.9 Å². The molecule has 25 heavy (non-hydrogen) atoms. The van der Waals surface area contributed by atoms with Crippen molar-refractivity contribution >= 4 is 11.8 Å². The molecule has 2 aromatic heterocycles. The number of aromatic nitrogens is 2. The van der Waals surface area contributed by atoms with Crippen LogP contribution in [0.3, 0.4) is 0 Å². The summed E-state index contributed by atoms with van der Waals surface area (Å²) in [6.45, 7) is 3.74. The van der Waals surface area contributed by atoms with Gasteiger partial charge in [-0.3, -0.25) is 14.6 Å². The summed E-state index contributed by atoms with van der Waals surface area (Å²) in [6, 6.07) is 7.02. The van der Waals surface area contributed by atoms with Crippen molar-refractivity contribution in [1.82, 2.24) is 9.55 Å². The third-order valence-electron chi connectivity index (χ3n) is 4.98. The average molecular weight is 338 g/mol. The van der Waals surface area contributed by atoms with Crippen LogP contribution >= 0.6 is 0 Å². The Morgan fingerprint density at radius 1 is 1.32 bits per heavy atom. The topological polar surface area (TPSA) is 78.3 Å². The van der Waals surface area contributed by atoms with Crippen LogP contribution in [0.1, 0.15) is 69.6 Å². The van der Waals surface area contributed by atoms with E-state index in [0.29, 0.717) is 23.5 Å². The van der Waals surface area contributed by atoms with E-state index in [9.17, 15) is 14.4 Å². The Balaban J connectivity index is 1.93. The van der Waals surface area contributed by atoms with Gasteiger partial charge in [0.05, 0.1) is 16.8 Å². The second-order valence-corrected chi connectivity index (χ2v) is 6.65. The summed E-state index contributed by atoms with van der Waals surface area (Å²) in [5.41, 5.74) is 2.29. The molecule has 0 aromatic carbocycles. The summed E-state index contributed by atoms with van der Waals surface area (Å²) in [4.78, 5) is 41.6. The second kappa shape index (κ2) is 5.65. The molecule has 4 rings (SSSR count). The molecule has 0 saturated heterocycles. The number of ether oxygens (including phenoxy) is 1. The summed E-state index contributed by atoms with van der Waals surface area (Å²) in [5, 5.41) is 0. The van der Waals surface area contributed by atoms with Crippen molar-refractivity contribution in [3.63, 3.8) is 0 Å². The minimum absolute atomic E-state index is 0.0449. The zero-order chi connectivity index (χ0) is 17.7. The molecule has 2 aromatic rings. The van der Waals surface area contributed by atoms with Crippen molar-refractivity contribution < 1.29 is 14.3 Å². The van der Waals surface area contributed by atoms with Crippen molar-refractivity contribution in [2.24, 2.45) is 0 Å². The van der Waals surface area contributed by atoms with E-state index in [2.05, 4.69) is 4.98 Å². The molecule has 6 nitrogen and oxygen atoms in total. The van der Waals surface area contributed by atoms with Gasteiger partial charge in [-0.15, -0.1) is 0 Å². The highest BCUT2D eigenvalue weighted by molar-refractivity contribution is 5.98. The number of hydrogen-bond donors (Lipinski definition) is 0. The zero-order valence-electron chi connectivity index (χ0n) is 14.1. The molecule has 0 aliphatic carbocycles. The number of Topliss-reactive ketones (excluding diaryl/α,β-unsaturated/α-hetero) is 1. The number of aryl methyl sites for hydroxylation is 1. The zero-order valence-corrected chi connectivity index (χ0v) is 14.1. The minimum atomic E-state index is -0.506. The van der Waals surface area contributed by atoms with E-state index in [-0.39, 0.29) is 22.8 Å². The quantitative estimate of drug-likeness (QED) is 0.621. The second-order valence-electron chi connectivity index (χ2n) is 6.65. The molecule has 6 heteroatoms. The predicted molar refractivity (Wildman–Crippen MR) is 89.8 cm³/mol. The van der Waals surface area contributed by atoms with Gasteiger partial charge in [-0.25, -0.2) is 4.79 Å². The van der Waals surface area contributed by atoms with Crippen LogP contribution in [-0.4, -0.2) is 21.3 Å². The molecule has 0 radical (unpaired) electrons. The molecular formula is C19H18N2O4. The van der Waals surface area contributed by atoms with Crippen LogP contribution in [-0.2, 0) is 11.3 Å². The van der Waals surface area contributed by atoms with E-state index in [1.54, 1.807) is 4.57 Å². The van der Waals surface area contributed by atoms with Gasteiger partial charge in [0, 0.05) is 23.9 Å². The number of cyclic esters (lactones) is 1. The Morgan fingerprint density at radius 2 is 2.12 bits per heavy atom. The summed E-state index contributed by atoms with van der Waals surface area (Å²) in [6.07, 6.45) is 1.09. The Hall–Kier alpha value is -2.76. The van der Waals surface area contributed by atoms with Crippen LogP contribution in [0.4, 0.5) is 0 Å². The Kier molecular flexibility index (Phi) is 3.56. The molecule has 128 valence electrons. The smallest absolute Gasteiger partial charge is 0.340 e. The highest BCUT2D eigenvalue weighted by atomic mass is 16.5. The summed E-state index contributed by atoms with van der Waals surface area (Å²) < 4.78 is 7.28. The number of pyridine rings is 2. The minimum Gasteiger partial charge on any atom is -0.451 e. The van der Waals surface area contributed by atoms with E-state index < -0.39 is 12.1 Å². The van der Waals surface area contributed by atoms with E-state index >= 15 is 0 Å². The van der Waals surface area contributed by atoms with Gasteiger partial charge in [0.2, 0.25) is 0 Å². The van der Waals surface area contributed by atoms with Crippen molar-refractivity contribution in [3.8, 4) is 0 Å². The highest BCUT2D eigenvalue weighted by Crippen LogP contribution is 2.44. The lowest BCUT2D eigenvalue weighted by molar-refractivity contribution is 0.0106. The van der Waals surface area contributed by atoms with Crippen LogP contribution in [0.15, 0.2) is 29.1 Å². The van der Waals surface area contributed by atoms with Gasteiger partial charge in [0.1, 0.15) is 0 Å². The van der Waals surface area contributed by atoms with Crippen LogP contribution in [0.5, 0.6) is 0 Å². The first-order chi connectivity index (χ1) is 12.0. The van der Waals surface area contributed by atoms with Crippen molar-refractivity contribution in [1.29, 1.82) is 0 Å². The average Bonchev–Trinajstić information content (AvgIpc) is 2.59. The first-order valence-electron chi connectivity index (χ1n) is 8.40. The number of rotatable bonds is 2. The molecule has 0 fully saturated rings. The molecule has 2 atom stereocenters. The number of nitrogens with zero attached hydrogens (tertiary/aromatic N) is 2. The number of carbonyl (C=O) groups excluding carboxylic acids is 2. The Bertz CT molecular complexity index is 960. The molecule has 0 bridgehead atoms. The first-order valence-corrected chi connectivity index (χ1v) is 8.40. The largest absolute Gasteiger partial charge is 0.451 e. The monoisotopic (exact) mass is 338 g/mol. The first kappa shape index (κ1) is 15.7. The molecule has 0 saturated carbocycles. The maximum atomic E-state index is 12.7. The van der Waals surface area contributed by atoms with E-state index in [1.165, 1.54) is 13.0 Å². The fourth-order valence-electron chi connectivity index (χ4n) is 3.87. The predicted octanol–water partition coefficient (Wildman–Crippen LogP) is 2.54. The van der Waals surface area contributed by atoms with E-state index in [1.807, 2.05) is 25.1 Å². The molecule has 0 spiro atoms. The molecule has 2 aliphatic heterocycles. The Morgan fingerprint density at radius 3 is 2.84 bits per heavy atom. The third kappa shape index (κ3) is 2.40. The molecule has 0 N–H and O–H groups in total. The van der Waals surface area contributed by atoms with Crippen molar-refractivity contribution in [3.05, 3.63) is 62.8 Å². The normalized spacial score (nSPS) is 21.4. The molecule has 0 amide bonds. The van der Waals surface area contributed by atoms with E-state index in [0.717, 1.165) is 18.5 Å². The number of esters is 1. The Labute approximate surface area is 144 Å². The number of hydrogen-bond acceptors (Lipinski definition) is 5. The fourth-order valence-corrected chi connectivity index (χ4v) is 3.87. The maximum absolute atomic E-state index is 12.7. The summed E-state index contributed by atoms with van der Waals surface area (Å²) in [7, 11) is 0. The molecular weight excluding hydrogens is 320 g/mol. The molecule has 2 aliphatic rings. The maximum Gasteiger partial charge on any atom is 0.340 e. The number of ketones is 1. The van der Waals surface area contributed by atoms with Gasteiger partial charge < -0.3 is 9.30 Å². The molecule has 2 unspecified atom stereocenters. The summed E-state index contributed by atoms with van der Waals surface area (Å²) in [5.74, 6) is -0.962. The van der Waals surface area contributed by atoms with Crippen LogP contribution in [0.25, 0.3) is 0 Å². The summed E-state index contributed by atoms with van der Waals surface area (Å²) >= 11 is 0.